The van der Waals surface area contributed by atoms with Gasteiger partial charge in [0.05, 0.1) is 35.2 Å². The van der Waals surface area contributed by atoms with E-state index in [1.165, 1.54) is 0 Å². The summed E-state index contributed by atoms with van der Waals surface area (Å²) in [6.45, 7) is 11.4. The van der Waals surface area contributed by atoms with Gasteiger partial charge in [0.2, 0.25) is 0 Å². The zero-order chi connectivity index (χ0) is 24.5. The number of piperidine rings is 1. The lowest BCUT2D eigenvalue weighted by atomic mass is 9.88. The summed E-state index contributed by atoms with van der Waals surface area (Å²) in [7, 11) is 0. The monoisotopic (exact) mass is 463 g/mol. The predicted octanol–water partition coefficient (Wildman–Crippen LogP) is 4.17. The molecule has 3 aromatic rings. The molecule has 1 amide bonds. The maximum absolute atomic E-state index is 12.0. The lowest BCUT2D eigenvalue weighted by Crippen LogP contribution is -2.47. The van der Waals surface area contributed by atoms with Gasteiger partial charge in [-0.2, -0.15) is 0 Å². The number of nitrogens with zero attached hydrogens (tertiary/aromatic N) is 4. The van der Waals surface area contributed by atoms with Crippen LogP contribution in [0, 0.1) is 11.8 Å². The van der Waals surface area contributed by atoms with Gasteiger partial charge >= 0.3 is 6.09 Å². The normalized spacial score (nSPS) is 20.9. The first-order valence-electron chi connectivity index (χ1n) is 11.7. The van der Waals surface area contributed by atoms with Crippen molar-refractivity contribution in [3.8, 4) is 11.4 Å². The quantitative estimate of drug-likeness (QED) is 0.599. The summed E-state index contributed by atoms with van der Waals surface area (Å²) < 4.78 is 5.28. The Morgan fingerprint density at radius 1 is 1.12 bits per heavy atom. The second kappa shape index (κ2) is 9.54. The summed E-state index contributed by atoms with van der Waals surface area (Å²) in [5.74, 6) is 1.27. The number of aliphatic hydroxyl groups is 1. The van der Waals surface area contributed by atoms with E-state index in [2.05, 4.69) is 29.0 Å². The molecule has 4 rings (SSSR count). The topological polar surface area (TPSA) is 100 Å². The van der Waals surface area contributed by atoms with E-state index in [1.807, 2.05) is 57.2 Å². The van der Waals surface area contributed by atoms with Gasteiger partial charge in [-0.15, -0.1) is 0 Å². The highest BCUT2D eigenvalue weighted by molar-refractivity contribution is 5.81. The summed E-state index contributed by atoms with van der Waals surface area (Å²) in [4.78, 5) is 28.3. The molecular weight excluding hydrogens is 430 g/mol. The highest BCUT2D eigenvalue weighted by atomic mass is 16.6. The molecule has 34 heavy (non-hydrogen) atoms. The van der Waals surface area contributed by atoms with E-state index in [1.54, 1.807) is 6.20 Å². The molecule has 0 bridgehead atoms. The number of ether oxygens (including phenoxy) is 1. The number of nitrogens with one attached hydrogen (secondary N) is 1. The number of hydrogen-bond donors (Lipinski definition) is 2. The molecule has 0 radical (unpaired) electrons. The van der Waals surface area contributed by atoms with E-state index in [-0.39, 0.29) is 24.5 Å². The minimum atomic E-state index is -0.553. The number of carbonyl (C=O) groups is 1. The molecular formula is C26H33N5O3. The maximum Gasteiger partial charge on any atom is 0.407 e. The Bertz CT molecular complexity index is 1160. The van der Waals surface area contributed by atoms with E-state index >= 15 is 0 Å². The zero-order valence-corrected chi connectivity index (χ0v) is 20.4. The van der Waals surface area contributed by atoms with Crippen LogP contribution in [-0.4, -0.2) is 50.9 Å². The van der Waals surface area contributed by atoms with Gasteiger partial charge in [-0.25, -0.2) is 14.8 Å². The van der Waals surface area contributed by atoms with E-state index < -0.39 is 11.7 Å². The molecule has 1 aliphatic heterocycles. The minimum absolute atomic E-state index is 0.188. The standard InChI is InChI=1S/C26H33N5O3/c1-16-14-31(15-17(2)24(16)32)23-8-6-7-20(30-23)21-10-9-18-12-27-19(11-22(18)29-21)13-28-25(33)34-26(3,4)5/h6-12,16-17,24,32H,13-15H2,1-5H3,(H,28,33)/t16-,17+,24?. The predicted molar refractivity (Wildman–Crippen MR) is 132 cm³/mol. The highest BCUT2D eigenvalue weighted by Gasteiger charge is 2.31. The van der Waals surface area contributed by atoms with E-state index in [0.29, 0.717) is 5.69 Å². The number of anilines is 1. The molecule has 8 nitrogen and oxygen atoms in total. The fourth-order valence-electron chi connectivity index (χ4n) is 4.25. The fraction of sp³-hybridized carbons (Fsp3) is 0.462. The van der Waals surface area contributed by atoms with Crippen LogP contribution in [-0.2, 0) is 11.3 Å². The van der Waals surface area contributed by atoms with Crippen LogP contribution in [0.25, 0.3) is 22.3 Å². The van der Waals surface area contributed by atoms with Crippen molar-refractivity contribution in [1.82, 2.24) is 20.3 Å². The molecule has 1 unspecified atom stereocenters. The number of amides is 1. The number of alkyl carbamates (subject to hydrolysis) is 1. The third kappa shape index (κ3) is 5.62. The first kappa shape index (κ1) is 23.9. The first-order chi connectivity index (χ1) is 16.1. The number of aliphatic hydroxyl groups excluding tert-OH is 1. The lowest BCUT2D eigenvalue weighted by Gasteiger charge is -2.39. The van der Waals surface area contributed by atoms with Gasteiger partial charge in [-0.05, 0) is 62.9 Å². The molecule has 0 aliphatic carbocycles. The van der Waals surface area contributed by atoms with Crippen molar-refractivity contribution in [3.63, 3.8) is 0 Å². The van der Waals surface area contributed by atoms with Crippen molar-refractivity contribution in [3.05, 3.63) is 48.3 Å². The molecule has 0 spiro atoms. The fourth-order valence-corrected chi connectivity index (χ4v) is 4.25. The van der Waals surface area contributed by atoms with Crippen LogP contribution in [0.4, 0.5) is 10.6 Å². The van der Waals surface area contributed by atoms with Crippen molar-refractivity contribution < 1.29 is 14.6 Å². The van der Waals surface area contributed by atoms with Crippen molar-refractivity contribution in [1.29, 1.82) is 0 Å². The summed E-state index contributed by atoms with van der Waals surface area (Å²) in [6, 6.07) is 11.7. The van der Waals surface area contributed by atoms with Crippen molar-refractivity contribution >= 4 is 22.8 Å². The Labute approximate surface area is 200 Å². The molecule has 8 heteroatoms. The largest absolute Gasteiger partial charge is 0.444 e. The van der Waals surface area contributed by atoms with Crippen molar-refractivity contribution in [2.45, 2.75) is 52.9 Å². The summed E-state index contributed by atoms with van der Waals surface area (Å²) in [6.07, 6.45) is 0.990. The van der Waals surface area contributed by atoms with Gasteiger partial charge in [-0.3, -0.25) is 4.98 Å². The smallest absolute Gasteiger partial charge is 0.407 e. The second-order valence-corrected chi connectivity index (χ2v) is 10.2. The summed E-state index contributed by atoms with van der Waals surface area (Å²) >= 11 is 0. The van der Waals surface area contributed by atoms with Crippen LogP contribution >= 0.6 is 0 Å². The Morgan fingerprint density at radius 2 is 1.82 bits per heavy atom. The van der Waals surface area contributed by atoms with Gasteiger partial charge < -0.3 is 20.1 Å². The van der Waals surface area contributed by atoms with Crippen LogP contribution in [0.5, 0.6) is 0 Å². The van der Waals surface area contributed by atoms with Crippen molar-refractivity contribution in [2.75, 3.05) is 18.0 Å². The molecule has 3 aromatic heterocycles. The van der Waals surface area contributed by atoms with Gasteiger partial charge in [0.25, 0.3) is 0 Å². The number of carbonyl (C=O) groups excluding carboxylic acids is 1. The first-order valence-corrected chi connectivity index (χ1v) is 11.7. The molecule has 1 aliphatic rings. The van der Waals surface area contributed by atoms with Crippen LogP contribution in [0.3, 0.4) is 0 Å². The van der Waals surface area contributed by atoms with Gasteiger partial charge in [0, 0.05) is 24.7 Å². The third-order valence-corrected chi connectivity index (χ3v) is 5.95. The molecule has 180 valence electrons. The van der Waals surface area contributed by atoms with E-state index in [0.717, 1.165) is 41.2 Å². The molecule has 0 aromatic carbocycles. The Morgan fingerprint density at radius 3 is 2.53 bits per heavy atom. The molecule has 1 saturated heterocycles. The number of pyridine rings is 3. The lowest BCUT2D eigenvalue weighted by molar-refractivity contribution is 0.0521. The van der Waals surface area contributed by atoms with Crippen LogP contribution in [0.15, 0.2) is 42.6 Å². The highest BCUT2D eigenvalue weighted by Crippen LogP contribution is 2.27. The summed E-state index contributed by atoms with van der Waals surface area (Å²) in [5, 5.41) is 13.9. The van der Waals surface area contributed by atoms with E-state index in [4.69, 9.17) is 14.7 Å². The second-order valence-electron chi connectivity index (χ2n) is 10.2. The number of aromatic nitrogens is 3. The van der Waals surface area contributed by atoms with Gasteiger partial charge in [0.15, 0.2) is 0 Å². The van der Waals surface area contributed by atoms with Crippen molar-refractivity contribution in [2.24, 2.45) is 11.8 Å². The molecule has 0 saturated carbocycles. The van der Waals surface area contributed by atoms with Crippen LogP contribution in [0.1, 0.15) is 40.3 Å². The number of rotatable bonds is 4. The Hall–Kier alpha value is -3.26. The molecule has 1 fully saturated rings. The molecule has 4 heterocycles. The Kier molecular flexibility index (Phi) is 6.70. The molecule has 3 atom stereocenters. The van der Waals surface area contributed by atoms with Crippen LogP contribution < -0.4 is 10.2 Å². The minimum Gasteiger partial charge on any atom is -0.444 e. The zero-order valence-electron chi connectivity index (χ0n) is 20.4. The SMILES string of the molecule is C[C@@H]1CN(c2cccc(-c3ccc4cnc(CNC(=O)OC(C)(C)C)cc4n3)n2)C[C@H](C)C1O. The summed E-state index contributed by atoms with van der Waals surface area (Å²) in [5.41, 5.74) is 2.48. The van der Waals surface area contributed by atoms with Gasteiger partial charge in [0.1, 0.15) is 11.4 Å². The average Bonchev–Trinajstić information content (AvgIpc) is 2.79. The average molecular weight is 464 g/mol. The third-order valence-electron chi connectivity index (χ3n) is 5.95. The van der Waals surface area contributed by atoms with E-state index in [9.17, 15) is 9.90 Å². The maximum atomic E-state index is 12.0. The molecule has 2 N–H and O–H groups in total. The number of hydrogen-bond acceptors (Lipinski definition) is 7. The van der Waals surface area contributed by atoms with Gasteiger partial charge in [-0.1, -0.05) is 19.9 Å². The Balaban J connectivity index is 1.53. The number of fused-ring (bicyclic) bond motifs is 1. The van der Waals surface area contributed by atoms with Crippen LogP contribution in [0.2, 0.25) is 0 Å².